The van der Waals surface area contributed by atoms with E-state index in [0.29, 0.717) is 13.1 Å². The summed E-state index contributed by atoms with van der Waals surface area (Å²) in [5, 5.41) is 5.45. The van der Waals surface area contributed by atoms with Gasteiger partial charge in [0.25, 0.3) is 0 Å². The lowest BCUT2D eigenvalue weighted by Gasteiger charge is -2.09. The SMILES string of the molecule is Cc1ccc(Br)cc1NC(=O)CCNC(=O)CCN.Cl. The molecule has 0 saturated heterocycles. The summed E-state index contributed by atoms with van der Waals surface area (Å²) in [7, 11) is 0. The van der Waals surface area contributed by atoms with Crippen LogP contribution in [0.3, 0.4) is 0 Å². The summed E-state index contributed by atoms with van der Waals surface area (Å²) in [4.78, 5) is 22.9. The van der Waals surface area contributed by atoms with Gasteiger partial charge < -0.3 is 16.4 Å². The fraction of sp³-hybridized carbons (Fsp3) is 0.385. The molecule has 0 aliphatic carbocycles. The van der Waals surface area contributed by atoms with Crippen LogP contribution in [0.15, 0.2) is 22.7 Å². The minimum atomic E-state index is -0.131. The zero-order valence-corrected chi connectivity index (χ0v) is 13.6. The fourth-order valence-electron chi connectivity index (χ4n) is 1.48. The Morgan fingerprint density at radius 3 is 2.60 bits per heavy atom. The quantitative estimate of drug-likeness (QED) is 0.721. The summed E-state index contributed by atoms with van der Waals surface area (Å²) >= 11 is 3.36. The van der Waals surface area contributed by atoms with E-state index in [1.807, 2.05) is 25.1 Å². The highest BCUT2D eigenvalue weighted by molar-refractivity contribution is 9.10. The van der Waals surface area contributed by atoms with Crippen molar-refractivity contribution in [3.05, 3.63) is 28.2 Å². The van der Waals surface area contributed by atoms with E-state index in [9.17, 15) is 9.59 Å². The number of anilines is 1. The van der Waals surface area contributed by atoms with E-state index in [1.54, 1.807) is 0 Å². The van der Waals surface area contributed by atoms with Crippen molar-refractivity contribution >= 4 is 45.8 Å². The van der Waals surface area contributed by atoms with E-state index in [1.165, 1.54) is 0 Å². The third-order valence-corrected chi connectivity index (χ3v) is 3.01. The minimum absolute atomic E-state index is 0. The molecule has 0 aliphatic heterocycles. The second-order valence-corrected chi connectivity index (χ2v) is 5.06. The van der Waals surface area contributed by atoms with Gasteiger partial charge in [0, 0.05) is 36.1 Å². The monoisotopic (exact) mass is 363 g/mol. The molecule has 0 saturated carbocycles. The molecule has 0 spiro atoms. The normalized spacial score (nSPS) is 9.55. The highest BCUT2D eigenvalue weighted by atomic mass is 79.9. The number of aryl methyl sites for hydroxylation is 1. The molecule has 2 amide bonds. The van der Waals surface area contributed by atoms with Gasteiger partial charge in [0.15, 0.2) is 0 Å². The Morgan fingerprint density at radius 1 is 1.25 bits per heavy atom. The van der Waals surface area contributed by atoms with Gasteiger partial charge in [0.05, 0.1) is 0 Å². The third-order valence-electron chi connectivity index (χ3n) is 2.52. The van der Waals surface area contributed by atoms with Crippen molar-refractivity contribution in [1.29, 1.82) is 0 Å². The van der Waals surface area contributed by atoms with Gasteiger partial charge >= 0.3 is 0 Å². The third kappa shape index (κ3) is 6.88. The highest BCUT2D eigenvalue weighted by Gasteiger charge is 2.06. The lowest BCUT2D eigenvalue weighted by Crippen LogP contribution is -2.29. The Hall–Kier alpha value is -1.11. The summed E-state index contributed by atoms with van der Waals surface area (Å²) in [6.07, 6.45) is 0.522. The molecule has 0 bridgehead atoms. The zero-order chi connectivity index (χ0) is 14.3. The topological polar surface area (TPSA) is 84.2 Å². The van der Waals surface area contributed by atoms with E-state index < -0.39 is 0 Å². The van der Waals surface area contributed by atoms with Gasteiger partial charge in [-0.05, 0) is 24.6 Å². The Morgan fingerprint density at radius 2 is 1.95 bits per heavy atom. The predicted octanol–water partition coefficient (Wildman–Crippen LogP) is 1.97. The van der Waals surface area contributed by atoms with Crippen molar-refractivity contribution in [2.24, 2.45) is 5.73 Å². The molecule has 0 aliphatic rings. The average molecular weight is 365 g/mol. The number of hydrogen-bond acceptors (Lipinski definition) is 3. The van der Waals surface area contributed by atoms with Gasteiger partial charge in [-0.2, -0.15) is 0 Å². The minimum Gasteiger partial charge on any atom is -0.356 e. The summed E-state index contributed by atoms with van der Waals surface area (Å²) in [6, 6.07) is 5.68. The van der Waals surface area contributed by atoms with Crippen LogP contribution in [0.2, 0.25) is 0 Å². The van der Waals surface area contributed by atoms with Crippen molar-refractivity contribution < 1.29 is 9.59 Å². The summed E-state index contributed by atoms with van der Waals surface area (Å²) in [5.41, 5.74) is 7.01. The lowest BCUT2D eigenvalue weighted by atomic mass is 10.2. The van der Waals surface area contributed by atoms with Gasteiger partial charge in [-0.25, -0.2) is 0 Å². The smallest absolute Gasteiger partial charge is 0.226 e. The van der Waals surface area contributed by atoms with Crippen LogP contribution in [0.4, 0.5) is 5.69 Å². The fourth-order valence-corrected chi connectivity index (χ4v) is 1.84. The van der Waals surface area contributed by atoms with Gasteiger partial charge in [0.1, 0.15) is 0 Å². The second-order valence-electron chi connectivity index (χ2n) is 4.15. The van der Waals surface area contributed by atoms with Crippen LogP contribution < -0.4 is 16.4 Å². The molecule has 0 heterocycles. The summed E-state index contributed by atoms with van der Waals surface area (Å²) in [5.74, 6) is -0.261. The number of carbonyl (C=O) groups is 2. The maximum absolute atomic E-state index is 11.7. The van der Waals surface area contributed by atoms with Crippen LogP contribution in [0.5, 0.6) is 0 Å². The number of amides is 2. The number of carbonyl (C=O) groups excluding carboxylic acids is 2. The molecular weight excluding hydrogens is 346 g/mol. The molecule has 112 valence electrons. The predicted molar refractivity (Wildman–Crippen MR) is 86.1 cm³/mol. The summed E-state index contributed by atoms with van der Waals surface area (Å²) < 4.78 is 0.907. The first-order chi connectivity index (χ1) is 9.02. The van der Waals surface area contributed by atoms with Crippen LogP contribution in [0.1, 0.15) is 18.4 Å². The zero-order valence-electron chi connectivity index (χ0n) is 11.2. The Kier molecular flexibility index (Phi) is 9.20. The molecular formula is C13H19BrClN3O2. The summed E-state index contributed by atoms with van der Waals surface area (Å²) in [6.45, 7) is 2.55. The van der Waals surface area contributed by atoms with Crippen LogP contribution in [-0.2, 0) is 9.59 Å². The maximum atomic E-state index is 11.7. The number of halogens is 2. The molecule has 5 nitrogen and oxygen atoms in total. The molecule has 0 fully saturated rings. The van der Waals surface area contributed by atoms with Crippen molar-refractivity contribution in [2.45, 2.75) is 19.8 Å². The van der Waals surface area contributed by atoms with Crippen molar-refractivity contribution in [3.8, 4) is 0 Å². The Labute approximate surface area is 133 Å². The number of benzene rings is 1. The number of rotatable bonds is 6. The van der Waals surface area contributed by atoms with Crippen LogP contribution in [0, 0.1) is 6.92 Å². The number of nitrogens with one attached hydrogen (secondary N) is 2. The van der Waals surface area contributed by atoms with Gasteiger partial charge in [-0.15, -0.1) is 12.4 Å². The average Bonchev–Trinajstić information content (AvgIpc) is 2.34. The van der Waals surface area contributed by atoms with E-state index in [2.05, 4.69) is 26.6 Å². The first-order valence-electron chi connectivity index (χ1n) is 6.05. The molecule has 1 aromatic rings. The Bertz CT molecular complexity index is 469. The Balaban J connectivity index is 0.00000361. The lowest BCUT2D eigenvalue weighted by molar-refractivity contribution is -0.121. The van der Waals surface area contributed by atoms with Crippen LogP contribution in [0.25, 0.3) is 0 Å². The van der Waals surface area contributed by atoms with Crippen molar-refractivity contribution in [2.75, 3.05) is 18.4 Å². The molecule has 1 aromatic carbocycles. The second kappa shape index (κ2) is 9.74. The number of hydrogen-bond donors (Lipinski definition) is 3. The number of nitrogens with two attached hydrogens (primary N) is 1. The molecule has 0 radical (unpaired) electrons. The maximum Gasteiger partial charge on any atom is 0.226 e. The molecule has 4 N–H and O–H groups in total. The van der Waals surface area contributed by atoms with Gasteiger partial charge in [-0.3, -0.25) is 9.59 Å². The molecule has 20 heavy (non-hydrogen) atoms. The van der Waals surface area contributed by atoms with Crippen LogP contribution >= 0.6 is 28.3 Å². The van der Waals surface area contributed by atoms with Gasteiger partial charge in [-0.1, -0.05) is 22.0 Å². The first kappa shape index (κ1) is 18.9. The largest absolute Gasteiger partial charge is 0.356 e. The van der Waals surface area contributed by atoms with E-state index in [4.69, 9.17) is 5.73 Å². The molecule has 0 aromatic heterocycles. The van der Waals surface area contributed by atoms with E-state index in [-0.39, 0.29) is 37.1 Å². The van der Waals surface area contributed by atoms with Crippen molar-refractivity contribution in [1.82, 2.24) is 5.32 Å². The molecule has 7 heteroatoms. The molecule has 0 atom stereocenters. The highest BCUT2D eigenvalue weighted by Crippen LogP contribution is 2.20. The molecule has 1 rings (SSSR count). The van der Waals surface area contributed by atoms with Crippen molar-refractivity contribution in [3.63, 3.8) is 0 Å². The van der Waals surface area contributed by atoms with E-state index in [0.717, 1.165) is 15.7 Å². The first-order valence-corrected chi connectivity index (χ1v) is 6.85. The van der Waals surface area contributed by atoms with Crippen LogP contribution in [-0.4, -0.2) is 24.9 Å². The van der Waals surface area contributed by atoms with Gasteiger partial charge in [0.2, 0.25) is 11.8 Å². The standard InChI is InChI=1S/C13H18BrN3O2.ClH/c1-9-2-3-10(14)8-11(9)17-13(19)5-7-16-12(18)4-6-15;/h2-3,8H,4-7,15H2,1H3,(H,16,18)(H,17,19);1H. The van der Waals surface area contributed by atoms with E-state index >= 15 is 0 Å². The molecule has 0 unspecified atom stereocenters.